The van der Waals surface area contributed by atoms with Crippen LogP contribution in [0.2, 0.25) is 0 Å². The van der Waals surface area contributed by atoms with E-state index in [9.17, 15) is 17.6 Å². The first kappa shape index (κ1) is 23.2. The number of nitrogens with zero attached hydrogens (tertiary/aromatic N) is 6. The summed E-state index contributed by atoms with van der Waals surface area (Å²) in [7, 11) is 1.84. The maximum atomic E-state index is 13.4. The molecule has 4 heterocycles. The summed E-state index contributed by atoms with van der Waals surface area (Å²) >= 11 is 0. The average Bonchev–Trinajstić information content (AvgIpc) is 3.28. The quantitative estimate of drug-likeness (QED) is 0.424. The summed E-state index contributed by atoms with van der Waals surface area (Å²) in [6.07, 6.45) is 0.241. The maximum absolute atomic E-state index is 13.4. The van der Waals surface area contributed by atoms with Crippen LogP contribution in [0, 0.1) is 5.82 Å². The van der Waals surface area contributed by atoms with Crippen molar-refractivity contribution in [2.45, 2.75) is 31.6 Å². The zero-order valence-electron chi connectivity index (χ0n) is 18.9. The Balaban J connectivity index is 1.30. The van der Waals surface area contributed by atoms with Gasteiger partial charge in [0.2, 0.25) is 0 Å². The van der Waals surface area contributed by atoms with E-state index >= 15 is 0 Å². The van der Waals surface area contributed by atoms with Gasteiger partial charge in [-0.2, -0.15) is 18.3 Å². The van der Waals surface area contributed by atoms with Crippen molar-refractivity contribution >= 4 is 16.7 Å². The molecule has 0 spiro atoms. The topological polar surface area (TPSA) is 71.8 Å². The number of benzene rings is 1. The molecule has 0 bridgehead atoms. The van der Waals surface area contributed by atoms with Crippen molar-refractivity contribution in [2.75, 3.05) is 18.0 Å². The fraction of sp³-hybridized carbons (Fsp3) is 0.333. The summed E-state index contributed by atoms with van der Waals surface area (Å²) in [6.45, 7) is 1.32. The van der Waals surface area contributed by atoms with Crippen molar-refractivity contribution in [3.63, 3.8) is 0 Å². The van der Waals surface area contributed by atoms with Crippen LogP contribution in [0.5, 0.6) is 0 Å². The Labute approximate surface area is 198 Å². The van der Waals surface area contributed by atoms with E-state index in [1.165, 1.54) is 6.07 Å². The summed E-state index contributed by atoms with van der Waals surface area (Å²) < 4.78 is 54.9. The molecule has 182 valence electrons. The van der Waals surface area contributed by atoms with Crippen LogP contribution in [0.25, 0.3) is 22.3 Å². The minimum atomic E-state index is -4.60. The summed E-state index contributed by atoms with van der Waals surface area (Å²) in [4.78, 5) is 6.67. The number of nitrogens with one attached hydrogen (secondary N) is 1. The van der Waals surface area contributed by atoms with E-state index in [-0.39, 0.29) is 18.2 Å². The summed E-state index contributed by atoms with van der Waals surface area (Å²) in [6, 6.07) is 8.51. The van der Waals surface area contributed by atoms with Gasteiger partial charge in [0.1, 0.15) is 17.0 Å². The van der Waals surface area contributed by atoms with Crippen molar-refractivity contribution < 1.29 is 17.6 Å². The Kier molecular flexibility index (Phi) is 6.10. The zero-order chi connectivity index (χ0) is 24.6. The van der Waals surface area contributed by atoms with Crippen LogP contribution in [0.1, 0.15) is 24.0 Å². The normalized spacial score (nSPS) is 15.2. The smallest absolute Gasteiger partial charge is 0.353 e. The Bertz CT molecular complexity index is 1340. The van der Waals surface area contributed by atoms with Gasteiger partial charge in [-0.15, -0.1) is 10.2 Å². The molecule has 0 amide bonds. The lowest BCUT2D eigenvalue weighted by molar-refractivity contribution is -0.138. The fourth-order valence-corrected chi connectivity index (χ4v) is 4.50. The average molecular weight is 485 g/mol. The molecule has 11 heteroatoms. The minimum absolute atomic E-state index is 0.0173. The molecule has 1 aliphatic heterocycles. The van der Waals surface area contributed by atoms with Crippen molar-refractivity contribution in [3.05, 3.63) is 65.7 Å². The van der Waals surface area contributed by atoms with Crippen LogP contribution < -0.4 is 10.2 Å². The van der Waals surface area contributed by atoms with Gasteiger partial charge in [-0.3, -0.25) is 9.67 Å². The van der Waals surface area contributed by atoms with Crippen molar-refractivity contribution in [1.29, 1.82) is 0 Å². The second-order valence-corrected chi connectivity index (χ2v) is 8.55. The van der Waals surface area contributed by atoms with Crippen molar-refractivity contribution in [3.8, 4) is 11.4 Å². The highest BCUT2D eigenvalue weighted by atomic mass is 19.4. The number of piperidine rings is 1. The largest absolute Gasteiger partial charge is 0.416 e. The molecule has 35 heavy (non-hydrogen) atoms. The third-order valence-electron chi connectivity index (χ3n) is 6.34. The third-order valence-corrected chi connectivity index (χ3v) is 6.34. The Morgan fingerprint density at radius 3 is 2.57 bits per heavy atom. The number of aromatic nitrogens is 5. The predicted molar refractivity (Wildman–Crippen MR) is 123 cm³/mol. The van der Waals surface area contributed by atoms with Gasteiger partial charge in [-0.1, -0.05) is 6.07 Å². The first-order valence-corrected chi connectivity index (χ1v) is 11.2. The number of hydrogen-bond acceptors (Lipinski definition) is 6. The summed E-state index contributed by atoms with van der Waals surface area (Å²) in [5, 5.41) is 17.2. The van der Waals surface area contributed by atoms with E-state index in [2.05, 4.69) is 30.5 Å². The minimum Gasteiger partial charge on any atom is -0.353 e. The molecule has 4 aromatic rings. The van der Waals surface area contributed by atoms with Crippen molar-refractivity contribution in [1.82, 2.24) is 30.3 Å². The van der Waals surface area contributed by atoms with E-state index in [1.54, 1.807) is 17.1 Å². The molecular weight excluding hydrogens is 462 g/mol. The Hall–Kier alpha value is -3.60. The molecule has 0 atom stereocenters. The van der Waals surface area contributed by atoms with Gasteiger partial charge in [0.05, 0.1) is 11.3 Å². The van der Waals surface area contributed by atoms with E-state index < -0.39 is 17.6 Å². The monoisotopic (exact) mass is 485 g/mol. The van der Waals surface area contributed by atoms with Crippen LogP contribution in [0.3, 0.4) is 0 Å². The number of hydrogen-bond donors (Lipinski definition) is 1. The molecule has 1 saturated heterocycles. The number of pyridine rings is 1. The Morgan fingerprint density at radius 1 is 1.06 bits per heavy atom. The number of aryl methyl sites for hydroxylation is 1. The molecule has 3 aromatic heterocycles. The molecule has 5 rings (SSSR count). The molecule has 0 aliphatic carbocycles. The lowest BCUT2D eigenvalue weighted by Crippen LogP contribution is -2.43. The van der Waals surface area contributed by atoms with E-state index in [0.29, 0.717) is 43.5 Å². The highest BCUT2D eigenvalue weighted by molar-refractivity contribution is 5.97. The van der Waals surface area contributed by atoms with Crippen molar-refractivity contribution in [2.24, 2.45) is 7.05 Å². The molecule has 1 fully saturated rings. The van der Waals surface area contributed by atoms with Gasteiger partial charge in [-0.25, -0.2) is 4.39 Å². The highest BCUT2D eigenvalue weighted by Gasteiger charge is 2.34. The second-order valence-electron chi connectivity index (χ2n) is 8.55. The number of alkyl halides is 3. The number of anilines is 1. The van der Waals surface area contributed by atoms with Gasteiger partial charge in [0.25, 0.3) is 0 Å². The molecule has 0 unspecified atom stereocenters. The maximum Gasteiger partial charge on any atom is 0.416 e. The molecule has 7 nitrogen and oxygen atoms in total. The second kappa shape index (κ2) is 9.21. The van der Waals surface area contributed by atoms with E-state index in [1.807, 2.05) is 25.2 Å². The van der Waals surface area contributed by atoms with Gasteiger partial charge in [-0.05, 0) is 48.7 Å². The lowest BCUT2D eigenvalue weighted by Gasteiger charge is -2.33. The SMILES string of the molecule is Cn1nccc1-c1nnc(N2CCC(NCc3ccc(F)cc3C(F)(F)F)CC2)c2ncccc12. The molecular formula is C24H23F4N7. The third kappa shape index (κ3) is 4.68. The molecule has 1 aromatic carbocycles. The lowest BCUT2D eigenvalue weighted by atomic mass is 10.0. The predicted octanol–water partition coefficient (Wildman–Crippen LogP) is 4.34. The first-order chi connectivity index (χ1) is 16.8. The van der Waals surface area contributed by atoms with E-state index in [4.69, 9.17) is 0 Å². The zero-order valence-corrected chi connectivity index (χ0v) is 18.9. The first-order valence-electron chi connectivity index (χ1n) is 11.2. The molecule has 1 N–H and O–H groups in total. The van der Waals surface area contributed by atoms with Gasteiger partial charge in [0.15, 0.2) is 5.82 Å². The number of fused-ring (bicyclic) bond motifs is 1. The standard InChI is InChI=1S/C24H23F4N7/c1-34-20(6-10-31-34)21-18-3-2-9-29-22(18)23(33-32-21)35-11-7-17(8-12-35)30-14-15-4-5-16(25)13-19(15)24(26,27)28/h2-6,9-10,13,17,30H,7-8,11-12,14H2,1H3. The summed E-state index contributed by atoms with van der Waals surface area (Å²) in [5.41, 5.74) is 1.38. The Morgan fingerprint density at radius 2 is 1.86 bits per heavy atom. The number of halogens is 4. The van der Waals surface area contributed by atoms with Gasteiger partial charge < -0.3 is 10.2 Å². The molecule has 0 radical (unpaired) electrons. The van der Waals surface area contributed by atoms with Crippen LogP contribution in [0.4, 0.5) is 23.4 Å². The molecule has 0 saturated carbocycles. The van der Waals surface area contributed by atoms with Gasteiger partial charge in [0, 0.05) is 50.5 Å². The van der Waals surface area contributed by atoms with Crippen LogP contribution >= 0.6 is 0 Å². The number of rotatable bonds is 5. The van der Waals surface area contributed by atoms with Crippen LogP contribution in [-0.4, -0.2) is 44.1 Å². The van der Waals surface area contributed by atoms with Gasteiger partial charge >= 0.3 is 6.18 Å². The van der Waals surface area contributed by atoms with E-state index in [0.717, 1.165) is 22.7 Å². The fourth-order valence-electron chi connectivity index (χ4n) is 4.50. The highest BCUT2D eigenvalue weighted by Crippen LogP contribution is 2.33. The summed E-state index contributed by atoms with van der Waals surface area (Å²) in [5.74, 6) is -0.214. The van der Waals surface area contributed by atoms with Crippen LogP contribution in [-0.2, 0) is 19.8 Å². The van der Waals surface area contributed by atoms with Crippen LogP contribution in [0.15, 0.2) is 48.8 Å². The molecule has 1 aliphatic rings.